The lowest BCUT2D eigenvalue weighted by atomic mass is 10.0. The molecule has 0 aliphatic carbocycles. The van der Waals surface area contributed by atoms with Gasteiger partial charge in [0, 0.05) is 44.2 Å². The van der Waals surface area contributed by atoms with Crippen molar-refractivity contribution >= 4 is 16.9 Å². The molecule has 2 aliphatic rings. The summed E-state index contributed by atoms with van der Waals surface area (Å²) in [6.07, 6.45) is 0.841. The molecule has 2 aliphatic heterocycles. The predicted octanol–water partition coefficient (Wildman–Crippen LogP) is 3.01. The van der Waals surface area contributed by atoms with Crippen LogP contribution < -0.4 is 14.2 Å². The second kappa shape index (κ2) is 8.59. The number of piperazine rings is 1. The monoisotopic (exact) mass is 450 g/mol. The minimum Gasteiger partial charge on any atom is -0.497 e. The Labute approximate surface area is 193 Å². The van der Waals surface area contributed by atoms with Crippen LogP contribution in [0, 0.1) is 0 Å². The number of ether oxygens (including phenoxy) is 3. The quantitative estimate of drug-likeness (QED) is 0.622. The average molecular weight is 451 g/mol. The van der Waals surface area contributed by atoms with Gasteiger partial charge in [0.05, 0.1) is 24.7 Å². The first-order valence-electron chi connectivity index (χ1n) is 11.4. The second-order valence-corrected chi connectivity index (χ2v) is 9.30. The SMILES string of the molecule is COc1ccc2nc(CN3CCN(C(=O)COc4cccc5c4OC(C)(C)C5)CC3)[nH]c2c1. The van der Waals surface area contributed by atoms with Crippen molar-refractivity contribution < 1.29 is 19.0 Å². The Morgan fingerprint density at radius 1 is 1.18 bits per heavy atom. The highest BCUT2D eigenvalue weighted by Gasteiger charge is 2.32. The van der Waals surface area contributed by atoms with E-state index in [2.05, 4.69) is 34.8 Å². The summed E-state index contributed by atoms with van der Waals surface area (Å²) in [6, 6.07) is 11.7. The van der Waals surface area contributed by atoms with Crippen molar-refractivity contribution in [3.05, 3.63) is 47.8 Å². The number of carbonyl (C=O) groups is 1. The van der Waals surface area contributed by atoms with Gasteiger partial charge in [0.25, 0.3) is 5.91 Å². The van der Waals surface area contributed by atoms with Crippen LogP contribution in [0.3, 0.4) is 0 Å². The van der Waals surface area contributed by atoms with Gasteiger partial charge in [0.2, 0.25) is 0 Å². The molecule has 8 nitrogen and oxygen atoms in total. The first-order chi connectivity index (χ1) is 15.9. The molecule has 0 unspecified atom stereocenters. The molecular weight excluding hydrogens is 420 g/mol. The van der Waals surface area contributed by atoms with E-state index >= 15 is 0 Å². The van der Waals surface area contributed by atoms with Crippen molar-refractivity contribution in [2.24, 2.45) is 0 Å². The second-order valence-electron chi connectivity index (χ2n) is 9.30. The van der Waals surface area contributed by atoms with Crippen molar-refractivity contribution in [2.75, 3.05) is 39.9 Å². The topological polar surface area (TPSA) is 79.9 Å². The zero-order valence-electron chi connectivity index (χ0n) is 19.4. The maximum Gasteiger partial charge on any atom is 0.260 e. The molecule has 3 heterocycles. The summed E-state index contributed by atoms with van der Waals surface area (Å²) < 4.78 is 17.2. The largest absolute Gasteiger partial charge is 0.497 e. The Morgan fingerprint density at radius 3 is 2.79 bits per heavy atom. The van der Waals surface area contributed by atoms with E-state index in [9.17, 15) is 4.79 Å². The van der Waals surface area contributed by atoms with Gasteiger partial charge in [-0.3, -0.25) is 9.69 Å². The number of fused-ring (bicyclic) bond motifs is 2. The highest BCUT2D eigenvalue weighted by Crippen LogP contribution is 2.41. The number of benzene rings is 2. The van der Waals surface area contributed by atoms with E-state index in [1.54, 1.807) is 7.11 Å². The lowest BCUT2D eigenvalue weighted by molar-refractivity contribution is -0.135. The fraction of sp³-hybridized carbons (Fsp3) is 0.440. The highest BCUT2D eigenvalue weighted by atomic mass is 16.5. The van der Waals surface area contributed by atoms with E-state index in [1.165, 1.54) is 0 Å². The number of para-hydroxylation sites is 1. The molecule has 0 saturated carbocycles. The Morgan fingerprint density at radius 2 is 2.00 bits per heavy atom. The maximum absolute atomic E-state index is 12.8. The van der Waals surface area contributed by atoms with Crippen molar-refractivity contribution in [3.8, 4) is 17.2 Å². The van der Waals surface area contributed by atoms with E-state index in [0.29, 0.717) is 18.8 Å². The maximum atomic E-state index is 12.8. The van der Waals surface area contributed by atoms with Gasteiger partial charge in [-0.15, -0.1) is 0 Å². The first kappa shape index (κ1) is 21.6. The molecule has 1 fully saturated rings. The normalized spacial score (nSPS) is 17.6. The number of hydrogen-bond acceptors (Lipinski definition) is 6. The van der Waals surface area contributed by atoms with Crippen molar-refractivity contribution in [2.45, 2.75) is 32.4 Å². The number of aromatic nitrogens is 2. The number of hydrogen-bond donors (Lipinski definition) is 1. The molecule has 5 rings (SSSR count). The number of H-pyrrole nitrogens is 1. The fourth-order valence-electron chi connectivity index (χ4n) is 4.54. The van der Waals surface area contributed by atoms with Crippen LogP contribution in [0.25, 0.3) is 11.0 Å². The minimum absolute atomic E-state index is 0.000317. The molecule has 3 aromatic rings. The van der Waals surface area contributed by atoms with Gasteiger partial charge in [0.1, 0.15) is 17.2 Å². The number of nitrogens with zero attached hydrogens (tertiary/aromatic N) is 3. The lowest BCUT2D eigenvalue weighted by Gasteiger charge is -2.34. The van der Waals surface area contributed by atoms with Gasteiger partial charge in [0.15, 0.2) is 18.1 Å². The van der Waals surface area contributed by atoms with Gasteiger partial charge in [-0.2, -0.15) is 0 Å². The smallest absolute Gasteiger partial charge is 0.260 e. The van der Waals surface area contributed by atoms with Crippen LogP contribution in [0.5, 0.6) is 17.2 Å². The van der Waals surface area contributed by atoms with Gasteiger partial charge in [-0.1, -0.05) is 12.1 Å². The summed E-state index contributed by atoms with van der Waals surface area (Å²) >= 11 is 0. The Kier molecular flexibility index (Phi) is 5.62. The van der Waals surface area contributed by atoms with Crippen molar-refractivity contribution in [1.29, 1.82) is 0 Å². The van der Waals surface area contributed by atoms with Crippen LogP contribution in [0.4, 0.5) is 0 Å². The number of imidazole rings is 1. The van der Waals surface area contributed by atoms with Crippen LogP contribution in [-0.2, 0) is 17.8 Å². The zero-order chi connectivity index (χ0) is 23.0. The molecule has 0 spiro atoms. The number of methoxy groups -OCH3 is 1. The van der Waals surface area contributed by atoms with E-state index in [-0.39, 0.29) is 18.1 Å². The molecule has 174 valence electrons. The van der Waals surface area contributed by atoms with E-state index in [4.69, 9.17) is 14.2 Å². The molecule has 2 aromatic carbocycles. The third-order valence-electron chi connectivity index (χ3n) is 6.24. The summed E-state index contributed by atoms with van der Waals surface area (Å²) in [4.78, 5) is 25.0. The van der Waals surface area contributed by atoms with Crippen molar-refractivity contribution in [1.82, 2.24) is 19.8 Å². The van der Waals surface area contributed by atoms with Crippen LogP contribution >= 0.6 is 0 Å². The van der Waals surface area contributed by atoms with Crippen LogP contribution in [0.15, 0.2) is 36.4 Å². The van der Waals surface area contributed by atoms with Crippen LogP contribution in [0.1, 0.15) is 25.2 Å². The summed E-state index contributed by atoms with van der Waals surface area (Å²) in [5.74, 6) is 3.14. The Bertz CT molecular complexity index is 1160. The third kappa shape index (κ3) is 4.61. The van der Waals surface area contributed by atoms with Gasteiger partial charge >= 0.3 is 0 Å². The summed E-state index contributed by atoms with van der Waals surface area (Å²) in [5.41, 5.74) is 2.78. The minimum atomic E-state index is -0.242. The van der Waals surface area contributed by atoms with E-state index in [0.717, 1.165) is 60.0 Å². The predicted molar refractivity (Wildman–Crippen MR) is 125 cm³/mol. The summed E-state index contributed by atoms with van der Waals surface area (Å²) in [5, 5.41) is 0. The third-order valence-corrected chi connectivity index (χ3v) is 6.24. The molecule has 1 amide bonds. The molecule has 1 aromatic heterocycles. The first-order valence-corrected chi connectivity index (χ1v) is 11.4. The van der Waals surface area contributed by atoms with Crippen molar-refractivity contribution in [3.63, 3.8) is 0 Å². The number of rotatable bonds is 6. The highest BCUT2D eigenvalue weighted by molar-refractivity contribution is 5.78. The van der Waals surface area contributed by atoms with Gasteiger partial charge in [-0.25, -0.2) is 4.98 Å². The molecular formula is C25H30N4O4. The van der Waals surface area contributed by atoms with E-state index in [1.807, 2.05) is 35.2 Å². The average Bonchev–Trinajstić information content (AvgIpc) is 3.35. The number of amides is 1. The fourth-order valence-corrected chi connectivity index (χ4v) is 4.54. The molecule has 0 radical (unpaired) electrons. The van der Waals surface area contributed by atoms with Crippen LogP contribution in [-0.4, -0.2) is 71.2 Å². The molecule has 0 bridgehead atoms. The Hall–Kier alpha value is -3.26. The number of carbonyl (C=O) groups excluding carboxylic acids is 1. The van der Waals surface area contributed by atoms with Gasteiger partial charge in [-0.05, 0) is 32.0 Å². The van der Waals surface area contributed by atoms with Gasteiger partial charge < -0.3 is 24.1 Å². The lowest BCUT2D eigenvalue weighted by Crippen LogP contribution is -2.49. The van der Waals surface area contributed by atoms with Crippen LogP contribution in [0.2, 0.25) is 0 Å². The summed E-state index contributed by atoms with van der Waals surface area (Å²) in [7, 11) is 1.66. The zero-order valence-corrected chi connectivity index (χ0v) is 19.4. The number of nitrogens with one attached hydrogen (secondary N) is 1. The molecule has 8 heteroatoms. The summed E-state index contributed by atoms with van der Waals surface area (Å²) in [6.45, 7) is 7.80. The standard InChI is InChI=1S/C25H30N4O4/c1-25(2)14-17-5-4-6-21(24(17)33-25)32-16-23(30)29-11-9-28(10-12-29)15-22-26-19-8-7-18(31-3)13-20(19)27-22/h4-8,13H,9-12,14-16H2,1-3H3,(H,26,27). The Balaban J connectivity index is 1.13. The molecule has 1 N–H and O–H groups in total. The van der Waals surface area contributed by atoms with E-state index < -0.39 is 0 Å². The molecule has 33 heavy (non-hydrogen) atoms. The number of aromatic amines is 1. The molecule has 0 atom stereocenters. The molecule has 1 saturated heterocycles.